The molecule has 0 saturated heterocycles. The lowest BCUT2D eigenvalue weighted by Gasteiger charge is -2.28. The number of halogens is 5. The second-order valence-corrected chi connectivity index (χ2v) is 6.95. The molecule has 1 aliphatic carbocycles. The molecule has 2 rings (SSSR count). The smallest absolute Gasteiger partial charge is 0.422 e. The highest BCUT2D eigenvalue weighted by molar-refractivity contribution is 5.72. The Bertz CT molecular complexity index is 596. The van der Waals surface area contributed by atoms with Crippen LogP contribution in [-0.4, -0.2) is 5.97 Å². The van der Waals surface area contributed by atoms with Crippen LogP contribution >= 0.6 is 0 Å². The normalized spacial score (nSPS) is 20.8. The third-order valence-corrected chi connectivity index (χ3v) is 4.95. The fraction of sp³-hybridized carbons (Fsp3) is 0.632. The Morgan fingerprint density at radius 1 is 1.04 bits per heavy atom. The van der Waals surface area contributed by atoms with Crippen molar-refractivity contribution in [2.75, 3.05) is 0 Å². The van der Waals surface area contributed by atoms with E-state index in [2.05, 4.69) is 6.92 Å². The number of carbonyl (C=O) groups is 1. The maximum atomic E-state index is 13.5. The molecule has 1 fully saturated rings. The summed E-state index contributed by atoms with van der Waals surface area (Å²) in [4.78, 5) is 11.8. The SMILES string of the molecule is CCCC1CCC(CCC(=O)Oc2cc(F)c(C(F)(F)F)c(F)c2)CC1. The number of alkyl halides is 3. The molecule has 0 bridgehead atoms. The molecule has 7 heteroatoms. The van der Waals surface area contributed by atoms with E-state index in [4.69, 9.17) is 4.74 Å². The van der Waals surface area contributed by atoms with Crippen molar-refractivity contribution in [3.05, 3.63) is 29.3 Å². The van der Waals surface area contributed by atoms with E-state index in [0.717, 1.165) is 31.6 Å². The molecule has 26 heavy (non-hydrogen) atoms. The van der Waals surface area contributed by atoms with Gasteiger partial charge >= 0.3 is 12.1 Å². The third kappa shape index (κ3) is 5.68. The van der Waals surface area contributed by atoms with Gasteiger partial charge in [0.25, 0.3) is 0 Å². The van der Waals surface area contributed by atoms with Gasteiger partial charge in [0.05, 0.1) is 0 Å². The molecule has 1 aliphatic rings. The largest absolute Gasteiger partial charge is 0.426 e. The summed E-state index contributed by atoms with van der Waals surface area (Å²) in [6, 6.07) is 0.777. The molecule has 0 radical (unpaired) electrons. The van der Waals surface area contributed by atoms with Crippen molar-refractivity contribution in [2.45, 2.75) is 64.5 Å². The van der Waals surface area contributed by atoms with Gasteiger partial charge in [-0.15, -0.1) is 0 Å². The Morgan fingerprint density at radius 3 is 2.00 bits per heavy atom. The van der Waals surface area contributed by atoms with Crippen molar-refractivity contribution >= 4 is 5.97 Å². The molecule has 0 spiro atoms. The predicted molar refractivity (Wildman–Crippen MR) is 86.6 cm³/mol. The Hall–Kier alpha value is -1.66. The Labute approximate surface area is 149 Å². The van der Waals surface area contributed by atoms with Gasteiger partial charge in [0, 0.05) is 18.6 Å². The van der Waals surface area contributed by atoms with Crippen LogP contribution in [0.1, 0.15) is 63.9 Å². The topological polar surface area (TPSA) is 26.3 Å². The monoisotopic (exact) mass is 378 g/mol. The molecular weight excluding hydrogens is 355 g/mol. The van der Waals surface area contributed by atoms with Crippen molar-refractivity contribution in [3.8, 4) is 5.75 Å². The molecule has 0 aromatic heterocycles. The molecule has 0 unspecified atom stereocenters. The van der Waals surface area contributed by atoms with E-state index >= 15 is 0 Å². The number of hydrogen-bond acceptors (Lipinski definition) is 2. The second kappa shape index (κ2) is 8.82. The van der Waals surface area contributed by atoms with Gasteiger partial charge in [-0.05, 0) is 18.3 Å². The lowest BCUT2D eigenvalue weighted by molar-refractivity contribution is -0.142. The van der Waals surface area contributed by atoms with Crippen molar-refractivity contribution in [1.29, 1.82) is 0 Å². The average Bonchev–Trinajstić information content (AvgIpc) is 2.52. The fourth-order valence-corrected chi connectivity index (χ4v) is 3.60. The molecule has 2 nitrogen and oxygen atoms in total. The van der Waals surface area contributed by atoms with E-state index in [1.807, 2.05) is 0 Å². The van der Waals surface area contributed by atoms with Crippen LogP contribution < -0.4 is 4.74 Å². The summed E-state index contributed by atoms with van der Waals surface area (Å²) >= 11 is 0. The van der Waals surface area contributed by atoms with Crippen molar-refractivity contribution in [2.24, 2.45) is 11.8 Å². The zero-order chi connectivity index (χ0) is 19.3. The average molecular weight is 378 g/mol. The summed E-state index contributed by atoms with van der Waals surface area (Å²) in [5.74, 6) is -3.67. The number of esters is 1. The van der Waals surface area contributed by atoms with Gasteiger partial charge in [-0.25, -0.2) is 8.78 Å². The first-order valence-electron chi connectivity index (χ1n) is 8.97. The quantitative estimate of drug-likeness (QED) is 0.331. The van der Waals surface area contributed by atoms with Gasteiger partial charge < -0.3 is 4.74 Å². The van der Waals surface area contributed by atoms with Crippen molar-refractivity contribution < 1.29 is 31.5 Å². The predicted octanol–water partition coefficient (Wildman–Crippen LogP) is 6.28. The summed E-state index contributed by atoms with van der Waals surface area (Å²) in [5.41, 5.74) is -1.99. The number of benzene rings is 1. The fourth-order valence-electron chi connectivity index (χ4n) is 3.60. The Balaban J connectivity index is 1.85. The van der Waals surface area contributed by atoms with Crippen LogP contribution in [0.25, 0.3) is 0 Å². The standard InChI is InChI=1S/C19H23F5O2/c1-2-3-12-4-6-13(7-5-12)8-9-17(25)26-14-10-15(20)18(16(21)11-14)19(22,23)24/h10-13H,2-9H2,1H3. The number of carbonyl (C=O) groups excluding carboxylic acids is 1. The third-order valence-electron chi connectivity index (χ3n) is 4.95. The summed E-state index contributed by atoms with van der Waals surface area (Å²) < 4.78 is 69.3. The highest BCUT2D eigenvalue weighted by Gasteiger charge is 2.38. The minimum Gasteiger partial charge on any atom is -0.426 e. The first-order chi connectivity index (χ1) is 12.2. The van der Waals surface area contributed by atoms with Crippen LogP contribution in [0, 0.1) is 23.5 Å². The summed E-state index contributed by atoms with van der Waals surface area (Å²) in [7, 11) is 0. The maximum Gasteiger partial charge on any atom is 0.422 e. The van der Waals surface area contributed by atoms with Gasteiger partial charge in [0.1, 0.15) is 22.9 Å². The van der Waals surface area contributed by atoms with Gasteiger partial charge in [0.2, 0.25) is 0 Å². The van der Waals surface area contributed by atoms with Crippen LogP contribution in [0.2, 0.25) is 0 Å². The molecule has 0 aliphatic heterocycles. The van der Waals surface area contributed by atoms with E-state index in [1.54, 1.807) is 0 Å². The first kappa shape index (κ1) is 20.6. The van der Waals surface area contributed by atoms with E-state index < -0.39 is 35.1 Å². The molecule has 0 atom stereocenters. The molecule has 1 aromatic carbocycles. The molecule has 1 saturated carbocycles. The van der Waals surface area contributed by atoms with E-state index in [-0.39, 0.29) is 6.42 Å². The first-order valence-corrected chi connectivity index (χ1v) is 8.97. The second-order valence-electron chi connectivity index (χ2n) is 6.95. The minimum absolute atomic E-state index is 0.0768. The summed E-state index contributed by atoms with van der Waals surface area (Å²) in [6.45, 7) is 2.16. The van der Waals surface area contributed by atoms with Crippen LogP contribution in [0.15, 0.2) is 12.1 Å². The van der Waals surface area contributed by atoms with Gasteiger partial charge in [-0.1, -0.05) is 45.4 Å². The van der Waals surface area contributed by atoms with Gasteiger partial charge in [-0.3, -0.25) is 4.79 Å². The Kier molecular flexibility index (Phi) is 7.01. The van der Waals surface area contributed by atoms with E-state index in [1.165, 1.54) is 12.8 Å². The van der Waals surface area contributed by atoms with Crippen molar-refractivity contribution in [1.82, 2.24) is 0 Å². The minimum atomic E-state index is -5.15. The molecule has 0 amide bonds. The summed E-state index contributed by atoms with van der Waals surface area (Å²) in [5, 5.41) is 0. The maximum absolute atomic E-state index is 13.5. The van der Waals surface area contributed by atoms with Crippen LogP contribution in [0.3, 0.4) is 0 Å². The highest BCUT2D eigenvalue weighted by atomic mass is 19.4. The molecular formula is C19H23F5O2. The number of hydrogen-bond donors (Lipinski definition) is 0. The van der Waals surface area contributed by atoms with E-state index in [9.17, 15) is 26.7 Å². The zero-order valence-electron chi connectivity index (χ0n) is 14.7. The van der Waals surface area contributed by atoms with Crippen LogP contribution in [0.5, 0.6) is 5.75 Å². The lowest BCUT2D eigenvalue weighted by Crippen LogP contribution is -2.17. The zero-order valence-corrected chi connectivity index (χ0v) is 14.7. The van der Waals surface area contributed by atoms with Crippen LogP contribution in [-0.2, 0) is 11.0 Å². The molecule has 0 N–H and O–H groups in total. The van der Waals surface area contributed by atoms with E-state index in [0.29, 0.717) is 24.5 Å². The van der Waals surface area contributed by atoms with Gasteiger partial charge in [0.15, 0.2) is 0 Å². The van der Waals surface area contributed by atoms with Crippen LogP contribution in [0.4, 0.5) is 22.0 Å². The Morgan fingerprint density at radius 2 is 1.54 bits per heavy atom. The number of rotatable bonds is 6. The lowest BCUT2D eigenvalue weighted by atomic mass is 9.78. The molecule has 146 valence electrons. The van der Waals surface area contributed by atoms with Gasteiger partial charge in [-0.2, -0.15) is 13.2 Å². The highest BCUT2D eigenvalue weighted by Crippen LogP contribution is 2.36. The number of ether oxygens (including phenoxy) is 1. The summed E-state index contributed by atoms with van der Waals surface area (Å²) in [6.07, 6.45) is 2.31. The molecule has 1 aromatic rings. The van der Waals surface area contributed by atoms with Crippen molar-refractivity contribution in [3.63, 3.8) is 0 Å². The molecule has 0 heterocycles.